The number of ether oxygens (including phenoxy) is 2. The monoisotopic (exact) mass is 411 g/mol. The van der Waals surface area contributed by atoms with E-state index in [0.29, 0.717) is 24.0 Å². The Morgan fingerprint density at radius 3 is 1.79 bits per heavy atom. The molecule has 1 unspecified atom stereocenters. The van der Waals surface area contributed by atoms with E-state index in [2.05, 4.69) is 32.4 Å². The van der Waals surface area contributed by atoms with Gasteiger partial charge < -0.3 is 20.3 Å². The Morgan fingerprint density at radius 2 is 1.52 bits per heavy atom. The van der Waals surface area contributed by atoms with Gasteiger partial charge in [0.2, 0.25) is 0 Å². The van der Waals surface area contributed by atoms with Crippen molar-refractivity contribution in [3.05, 3.63) is 30.3 Å². The SMILES string of the molecule is CC(C)(C)OC(N)=O.CC(C)CCC(=O)OC(C)CC(C)C.Oc1ccccc1. The van der Waals surface area contributed by atoms with Crippen LogP contribution in [0, 0.1) is 11.8 Å². The fraction of sp³-hybridized carbons (Fsp3) is 0.652. The second-order valence-electron chi connectivity index (χ2n) is 8.73. The van der Waals surface area contributed by atoms with Crippen LogP contribution in [0.2, 0.25) is 0 Å². The van der Waals surface area contributed by atoms with Crippen molar-refractivity contribution in [1.82, 2.24) is 0 Å². The molecule has 0 saturated heterocycles. The van der Waals surface area contributed by atoms with Gasteiger partial charge in [-0.15, -0.1) is 0 Å². The molecule has 0 saturated carbocycles. The number of phenols is 1. The predicted molar refractivity (Wildman–Crippen MR) is 118 cm³/mol. The number of hydrogen-bond donors (Lipinski definition) is 2. The van der Waals surface area contributed by atoms with E-state index in [1.165, 1.54) is 0 Å². The van der Waals surface area contributed by atoms with E-state index in [1.807, 2.05) is 13.0 Å². The summed E-state index contributed by atoms with van der Waals surface area (Å²) in [6, 6.07) is 8.71. The number of nitrogens with two attached hydrogens (primary N) is 1. The van der Waals surface area contributed by atoms with Gasteiger partial charge in [0.05, 0.1) is 6.10 Å². The minimum absolute atomic E-state index is 0.0492. The van der Waals surface area contributed by atoms with Crippen molar-refractivity contribution in [2.24, 2.45) is 17.6 Å². The number of aromatic hydroxyl groups is 1. The minimum Gasteiger partial charge on any atom is -0.508 e. The zero-order chi connectivity index (χ0) is 23.0. The molecule has 29 heavy (non-hydrogen) atoms. The Balaban J connectivity index is 0. The molecular formula is C23H41NO5. The molecule has 0 aliphatic carbocycles. The molecule has 0 radical (unpaired) electrons. The maximum Gasteiger partial charge on any atom is 0.405 e. The van der Waals surface area contributed by atoms with Crippen LogP contribution in [-0.4, -0.2) is 28.9 Å². The van der Waals surface area contributed by atoms with E-state index in [9.17, 15) is 9.59 Å². The molecule has 0 heterocycles. The van der Waals surface area contributed by atoms with Gasteiger partial charge in [-0.3, -0.25) is 4.79 Å². The third-order valence-electron chi connectivity index (χ3n) is 3.22. The number of carbonyl (C=O) groups is 2. The summed E-state index contributed by atoms with van der Waals surface area (Å²) in [6.07, 6.45) is 1.77. The normalized spacial score (nSPS) is 11.5. The number of benzene rings is 1. The van der Waals surface area contributed by atoms with Crippen molar-refractivity contribution in [2.45, 2.75) is 86.4 Å². The number of hydrogen-bond acceptors (Lipinski definition) is 5. The largest absolute Gasteiger partial charge is 0.508 e. The highest BCUT2D eigenvalue weighted by Crippen LogP contribution is 2.10. The van der Waals surface area contributed by atoms with Gasteiger partial charge >= 0.3 is 12.1 Å². The Morgan fingerprint density at radius 1 is 1.00 bits per heavy atom. The first-order valence-electron chi connectivity index (χ1n) is 10.1. The third kappa shape index (κ3) is 25.8. The van der Waals surface area contributed by atoms with E-state index < -0.39 is 11.7 Å². The van der Waals surface area contributed by atoms with Crippen molar-refractivity contribution in [2.75, 3.05) is 0 Å². The zero-order valence-corrected chi connectivity index (χ0v) is 19.4. The van der Waals surface area contributed by atoms with Crippen LogP contribution in [-0.2, 0) is 14.3 Å². The molecule has 1 aromatic rings. The van der Waals surface area contributed by atoms with Crippen molar-refractivity contribution >= 4 is 12.1 Å². The van der Waals surface area contributed by atoms with Crippen molar-refractivity contribution in [1.29, 1.82) is 0 Å². The molecule has 1 atom stereocenters. The van der Waals surface area contributed by atoms with Gasteiger partial charge in [0, 0.05) is 6.42 Å². The predicted octanol–water partition coefficient (Wildman–Crippen LogP) is 5.67. The Bertz CT molecular complexity index is 550. The van der Waals surface area contributed by atoms with Gasteiger partial charge in [-0.25, -0.2) is 4.79 Å². The van der Waals surface area contributed by atoms with E-state index >= 15 is 0 Å². The van der Waals surface area contributed by atoms with Crippen LogP contribution in [0.5, 0.6) is 5.75 Å². The second-order valence-corrected chi connectivity index (χ2v) is 8.73. The highest BCUT2D eigenvalue weighted by Gasteiger charge is 2.12. The molecule has 0 fully saturated rings. The highest BCUT2D eigenvalue weighted by molar-refractivity contribution is 5.69. The van der Waals surface area contributed by atoms with E-state index in [-0.39, 0.29) is 12.1 Å². The first-order valence-corrected chi connectivity index (χ1v) is 10.1. The number of carbonyl (C=O) groups excluding carboxylic acids is 2. The molecule has 3 N–H and O–H groups in total. The average molecular weight is 412 g/mol. The Hall–Kier alpha value is -2.24. The van der Waals surface area contributed by atoms with Crippen LogP contribution in [0.25, 0.3) is 0 Å². The first kappa shape index (κ1) is 29.0. The van der Waals surface area contributed by atoms with E-state index in [4.69, 9.17) is 15.6 Å². The number of esters is 1. The van der Waals surface area contributed by atoms with Crippen LogP contribution < -0.4 is 5.73 Å². The molecule has 6 heteroatoms. The third-order valence-corrected chi connectivity index (χ3v) is 3.22. The van der Waals surface area contributed by atoms with Gasteiger partial charge in [-0.1, -0.05) is 45.9 Å². The zero-order valence-electron chi connectivity index (χ0n) is 19.4. The summed E-state index contributed by atoms with van der Waals surface area (Å²) in [4.78, 5) is 21.3. The maximum atomic E-state index is 11.3. The average Bonchev–Trinajstić information content (AvgIpc) is 2.51. The Kier molecular flexibility index (Phi) is 15.6. The summed E-state index contributed by atoms with van der Waals surface area (Å²) in [6.45, 7) is 15.8. The highest BCUT2D eigenvalue weighted by atomic mass is 16.6. The lowest BCUT2D eigenvalue weighted by molar-refractivity contribution is -0.149. The first-order chi connectivity index (χ1) is 13.2. The number of para-hydroxylation sites is 1. The van der Waals surface area contributed by atoms with E-state index in [1.54, 1.807) is 45.0 Å². The molecule has 0 spiro atoms. The molecule has 1 amide bonds. The lowest BCUT2D eigenvalue weighted by Crippen LogP contribution is -2.27. The number of primary amides is 1. The van der Waals surface area contributed by atoms with Crippen LogP contribution >= 0.6 is 0 Å². The molecule has 0 aliphatic heterocycles. The van der Waals surface area contributed by atoms with Crippen LogP contribution in [0.15, 0.2) is 30.3 Å². The fourth-order valence-electron chi connectivity index (χ4n) is 2.13. The van der Waals surface area contributed by atoms with Crippen LogP contribution in [0.3, 0.4) is 0 Å². The van der Waals surface area contributed by atoms with E-state index in [0.717, 1.165) is 12.8 Å². The van der Waals surface area contributed by atoms with Gasteiger partial charge in [-0.05, 0) is 64.5 Å². The number of amides is 1. The summed E-state index contributed by atoms with van der Waals surface area (Å²) in [7, 11) is 0. The van der Waals surface area contributed by atoms with Crippen molar-refractivity contribution in [3.63, 3.8) is 0 Å². The van der Waals surface area contributed by atoms with Gasteiger partial charge in [0.25, 0.3) is 0 Å². The fourth-order valence-corrected chi connectivity index (χ4v) is 2.13. The molecule has 0 bridgehead atoms. The second kappa shape index (κ2) is 15.7. The summed E-state index contributed by atoms with van der Waals surface area (Å²) in [5.41, 5.74) is 4.26. The maximum absolute atomic E-state index is 11.3. The molecule has 6 nitrogen and oxygen atoms in total. The summed E-state index contributed by atoms with van der Waals surface area (Å²) in [5, 5.41) is 8.63. The van der Waals surface area contributed by atoms with Crippen LogP contribution in [0.1, 0.15) is 74.7 Å². The topological polar surface area (TPSA) is 98.9 Å². The smallest absolute Gasteiger partial charge is 0.405 e. The lowest BCUT2D eigenvalue weighted by Gasteiger charge is -2.16. The number of phenolic OH excluding ortho intramolecular Hbond substituents is 1. The number of rotatable bonds is 6. The molecule has 1 rings (SSSR count). The molecule has 0 aliphatic rings. The van der Waals surface area contributed by atoms with Crippen molar-refractivity contribution in [3.8, 4) is 5.75 Å². The molecule has 0 aromatic heterocycles. The quantitative estimate of drug-likeness (QED) is 0.587. The summed E-state index contributed by atoms with van der Waals surface area (Å²) < 4.78 is 9.85. The van der Waals surface area contributed by atoms with Crippen molar-refractivity contribution < 1.29 is 24.2 Å². The standard InChI is InChI=1S/C12H24O2.C6H6O.C5H11NO2/c1-9(2)6-7-12(13)14-11(5)8-10(3)4;7-6-4-2-1-3-5-6;1-5(2,3)8-4(6)7/h9-11H,6-8H2,1-5H3;1-5,7H;1-3H3,(H2,6,7). The molecule has 168 valence electrons. The lowest BCUT2D eigenvalue weighted by atomic mass is 10.1. The van der Waals surface area contributed by atoms with Gasteiger partial charge in [-0.2, -0.15) is 0 Å². The van der Waals surface area contributed by atoms with Gasteiger partial charge in [0.15, 0.2) is 0 Å². The van der Waals surface area contributed by atoms with Gasteiger partial charge in [0.1, 0.15) is 11.4 Å². The van der Waals surface area contributed by atoms with Crippen LogP contribution in [0.4, 0.5) is 4.79 Å². The summed E-state index contributed by atoms with van der Waals surface area (Å²) >= 11 is 0. The minimum atomic E-state index is -0.725. The Labute approximate surface area is 176 Å². The summed E-state index contributed by atoms with van der Waals surface area (Å²) in [5.74, 6) is 1.43. The molecular weight excluding hydrogens is 370 g/mol. The molecule has 1 aromatic carbocycles.